The van der Waals surface area contributed by atoms with Gasteiger partial charge in [-0.1, -0.05) is 58.6 Å². The Morgan fingerprint density at radius 2 is 1.91 bits per heavy atom. The lowest BCUT2D eigenvalue weighted by Gasteiger charge is -2.59. The number of ether oxygens (including phenoxy) is 1. The lowest BCUT2D eigenvalue weighted by atomic mass is 9.47. The van der Waals surface area contributed by atoms with Crippen LogP contribution in [-0.2, 0) is 9.53 Å². The molecule has 0 saturated heterocycles. The second-order valence-electron chi connectivity index (χ2n) is 12.6. The van der Waals surface area contributed by atoms with E-state index >= 15 is 0 Å². The van der Waals surface area contributed by atoms with Gasteiger partial charge in [-0.15, -0.1) is 11.6 Å². The van der Waals surface area contributed by atoms with E-state index in [4.69, 9.17) is 16.3 Å². The molecule has 32 heavy (non-hydrogen) atoms. The van der Waals surface area contributed by atoms with Crippen molar-refractivity contribution in [2.45, 2.75) is 111 Å². The number of rotatable bonds is 7. The molecule has 0 spiro atoms. The molecule has 4 rings (SSSR count). The van der Waals surface area contributed by atoms with Gasteiger partial charge in [-0.05, 0) is 85.9 Å². The van der Waals surface area contributed by atoms with Gasteiger partial charge in [0.05, 0.1) is 0 Å². The summed E-state index contributed by atoms with van der Waals surface area (Å²) in [4.78, 5) is 11.5. The third-order valence-electron chi connectivity index (χ3n) is 10.6. The molecular formula is C29H47ClO2. The van der Waals surface area contributed by atoms with Crippen molar-refractivity contribution in [1.82, 2.24) is 0 Å². The van der Waals surface area contributed by atoms with Crippen LogP contribution in [0.25, 0.3) is 0 Å². The van der Waals surface area contributed by atoms with Crippen LogP contribution in [0.2, 0.25) is 0 Å². The molecular weight excluding hydrogens is 416 g/mol. The van der Waals surface area contributed by atoms with Gasteiger partial charge in [-0.2, -0.15) is 0 Å². The zero-order valence-electron chi connectivity index (χ0n) is 21.3. The van der Waals surface area contributed by atoms with Crippen LogP contribution >= 0.6 is 11.6 Å². The summed E-state index contributed by atoms with van der Waals surface area (Å²) in [6.45, 7) is 11.5. The van der Waals surface area contributed by atoms with E-state index in [0.29, 0.717) is 5.41 Å². The van der Waals surface area contributed by atoms with Gasteiger partial charge in [0, 0.05) is 24.6 Å². The van der Waals surface area contributed by atoms with Crippen molar-refractivity contribution < 1.29 is 9.53 Å². The fraction of sp³-hybridized carbons (Fsp3) is 0.897. The van der Waals surface area contributed by atoms with E-state index < -0.39 is 0 Å². The average Bonchev–Trinajstić information content (AvgIpc) is 3.10. The molecule has 0 aromatic carbocycles. The van der Waals surface area contributed by atoms with Gasteiger partial charge in [-0.3, -0.25) is 4.79 Å². The van der Waals surface area contributed by atoms with Crippen LogP contribution in [0, 0.1) is 46.3 Å². The largest absolute Gasteiger partial charge is 0.462 e. The molecule has 0 aliphatic heterocycles. The zero-order chi connectivity index (χ0) is 23.1. The number of alkyl halides is 1. The Morgan fingerprint density at radius 1 is 1.12 bits per heavy atom. The van der Waals surface area contributed by atoms with Gasteiger partial charge in [0.15, 0.2) is 0 Å². The highest BCUT2D eigenvalue weighted by atomic mass is 35.5. The van der Waals surface area contributed by atoms with Crippen LogP contribution in [0.15, 0.2) is 11.6 Å². The van der Waals surface area contributed by atoms with Crippen LogP contribution in [0.4, 0.5) is 0 Å². The predicted octanol–water partition coefficient (Wildman–Crippen LogP) is 8.18. The molecule has 0 N–H and O–H groups in total. The van der Waals surface area contributed by atoms with E-state index in [2.05, 4.69) is 33.8 Å². The molecule has 8 atom stereocenters. The highest BCUT2D eigenvalue weighted by Gasteiger charge is 2.60. The molecule has 4 aliphatic rings. The molecule has 0 bridgehead atoms. The lowest BCUT2D eigenvalue weighted by molar-refractivity contribution is -0.148. The molecule has 0 heterocycles. The van der Waals surface area contributed by atoms with Crippen molar-refractivity contribution >= 4 is 17.6 Å². The first-order chi connectivity index (χ1) is 15.2. The summed E-state index contributed by atoms with van der Waals surface area (Å²) in [5.41, 5.74) is 2.20. The Labute approximate surface area is 202 Å². The van der Waals surface area contributed by atoms with E-state index in [-0.39, 0.29) is 17.5 Å². The van der Waals surface area contributed by atoms with Crippen molar-refractivity contribution in [3.05, 3.63) is 11.6 Å². The normalized spacial score (nSPS) is 42.0. The molecule has 2 nitrogen and oxygen atoms in total. The Bertz CT molecular complexity index is 714. The van der Waals surface area contributed by atoms with E-state index in [0.717, 1.165) is 60.6 Å². The summed E-state index contributed by atoms with van der Waals surface area (Å²) in [6, 6.07) is 0. The molecule has 182 valence electrons. The SMILES string of the molecule is CC(=O)OC1CC[C@@]2(CCl)C(=CC[C@@H]3[C@@H]2CC[C@]2(C)[C@@H]([C@H](C)CCCC(C)C)CC[C@@H]32)C1. The first kappa shape index (κ1) is 24.6. The molecule has 3 fully saturated rings. The standard InChI is InChI=1S/C29H47ClO2/c1-19(2)7-6-8-20(3)25-11-12-26-24-10-9-22-17-23(32-21(4)31)13-16-29(22,18-30)27(24)14-15-28(25,26)5/h9,19-20,23-27H,6-8,10-18H2,1-5H3/t20-,23?,24+,25-,26+,27+,28-,29-/m1/s1. The number of esters is 1. The minimum Gasteiger partial charge on any atom is -0.462 e. The summed E-state index contributed by atoms with van der Waals surface area (Å²) >= 11 is 6.81. The van der Waals surface area contributed by atoms with Crippen LogP contribution < -0.4 is 0 Å². The van der Waals surface area contributed by atoms with Crippen LogP contribution in [0.1, 0.15) is 105 Å². The Kier molecular flexibility index (Phi) is 7.41. The third-order valence-corrected chi connectivity index (χ3v) is 11.0. The summed E-state index contributed by atoms with van der Waals surface area (Å²) in [5, 5.41) is 0. The second-order valence-corrected chi connectivity index (χ2v) is 12.9. The highest BCUT2D eigenvalue weighted by molar-refractivity contribution is 6.18. The number of carbonyl (C=O) groups is 1. The number of fused-ring (bicyclic) bond motifs is 5. The van der Waals surface area contributed by atoms with Crippen molar-refractivity contribution in [1.29, 1.82) is 0 Å². The molecule has 4 aliphatic carbocycles. The molecule has 0 aromatic heterocycles. The van der Waals surface area contributed by atoms with E-state index in [1.54, 1.807) is 0 Å². The topological polar surface area (TPSA) is 26.3 Å². The number of allylic oxidation sites excluding steroid dienone is 1. The van der Waals surface area contributed by atoms with E-state index in [1.807, 2.05) is 0 Å². The first-order valence-corrected chi connectivity index (χ1v) is 14.2. The molecule has 0 amide bonds. The maximum atomic E-state index is 11.5. The fourth-order valence-electron chi connectivity index (χ4n) is 9.03. The Hall–Kier alpha value is -0.500. The molecule has 3 heteroatoms. The summed E-state index contributed by atoms with van der Waals surface area (Å²) < 4.78 is 5.62. The minimum atomic E-state index is -0.143. The van der Waals surface area contributed by atoms with Crippen LogP contribution in [0.5, 0.6) is 0 Å². The van der Waals surface area contributed by atoms with Gasteiger partial charge < -0.3 is 4.74 Å². The quantitative estimate of drug-likeness (QED) is 0.216. The van der Waals surface area contributed by atoms with Crippen molar-refractivity contribution in [2.75, 3.05) is 5.88 Å². The Balaban J connectivity index is 1.50. The maximum Gasteiger partial charge on any atom is 0.302 e. The fourth-order valence-corrected chi connectivity index (χ4v) is 9.54. The number of carbonyl (C=O) groups excluding carboxylic acids is 1. The number of hydrogen-bond acceptors (Lipinski definition) is 2. The molecule has 1 unspecified atom stereocenters. The molecule has 3 saturated carbocycles. The van der Waals surface area contributed by atoms with Crippen molar-refractivity contribution in [3.63, 3.8) is 0 Å². The van der Waals surface area contributed by atoms with Gasteiger partial charge in [0.1, 0.15) is 6.10 Å². The van der Waals surface area contributed by atoms with Gasteiger partial charge >= 0.3 is 5.97 Å². The smallest absolute Gasteiger partial charge is 0.302 e. The Morgan fingerprint density at radius 3 is 2.59 bits per heavy atom. The monoisotopic (exact) mass is 462 g/mol. The minimum absolute atomic E-state index is 0.0584. The average molecular weight is 463 g/mol. The van der Waals surface area contributed by atoms with Crippen LogP contribution in [0.3, 0.4) is 0 Å². The maximum absolute atomic E-state index is 11.5. The molecule has 0 aromatic rings. The zero-order valence-corrected chi connectivity index (χ0v) is 22.1. The number of hydrogen-bond donors (Lipinski definition) is 0. The first-order valence-electron chi connectivity index (χ1n) is 13.6. The predicted molar refractivity (Wildman–Crippen MR) is 134 cm³/mol. The van der Waals surface area contributed by atoms with E-state index in [1.165, 1.54) is 63.9 Å². The molecule has 0 radical (unpaired) electrons. The van der Waals surface area contributed by atoms with Crippen LogP contribution in [-0.4, -0.2) is 18.0 Å². The van der Waals surface area contributed by atoms with Crippen molar-refractivity contribution in [3.8, 4) is 0 Å². The summed E-state index contributed by atoms with van der Waals surface area (Å²) in [7, 11) is 0. The summed E-state index contributed by atoms with van der Waals surface area (Å²) in [6.07, 6.45) is 16.6. The van der Waals surface area contributed by atoms with Gasteiger partial charge in [-0.25, -0.2) is 0 Å². The highest BCUT2D eigenvalue weighted by Crippen LogP contribution is 2.67. The second kappa shape index (κ2) is 9.63. The lowest BCUT2D eigenvalue weighted by Crippen LogP contribution is -2.52. The van der Waals surface area contributed by atoms with E-state index in [9.17, 15) is 4.79 Å². The van der Waals surface area contributed by atoms with Gasteiger partial charge in [0.2, 0.25) is 0 Å². The van der Waals surface area contributed by atoms with Gasteiger partial charge in [0.25, 0.3) is 0 Å². The van der Waals surface area contributed by atoms with Crippen molar-refractivity contribution in [2.24, 2.45) is 46.3 Å². The third kappa shape index (κ3) is 4.32. The summed E-state index contributed by atoms with van der Waals surface area (Å²) in [5.74, 6) is 5.58. The number of halogens is 1.